The molecule has 0 fully saturated rings. The molecule has 3 aromatic rings. The van der Waals surface area contributed by atoms with E-state index in [4.69, 9.17) is 5.26 Å². The molecule has 1 aliphatic heterocycles. The van der Waals surface area contributed by atoms with Gasteiger partial charge in [-0.1, -0.05) is 6.07 Å². The Kier molecular flexibility index (Phi) is 4.99. The van der Waals surface area contributed by atoms with E-state index in [0.717, 1.165) is 24.4 Å². The fourth-order valence-corrected chi connectivity index (χ4v) is 3.49. The van der Waals surface area contributed by atoms with Crippen molar-refractivity contribution in [1.29, 1.82) is 5.26 Å². The van der Waals surface area contributed by atoms with Gasteiger partial charge in [-0.15, -0.1) is 0 Å². The SMILES string of the molecule is N#Cc1cccc(C(=O)NC2CCCn3nc(-c4ccnc(C(F)(F)F)c4)cc32)c1. The van der Waals surface area contributed by atoms with E-state index >= 15 is 0 Å². The maximum atomic E-state index is 13.0. The van der Waals surface area contributed by atoms with E-state index in [1.165, 1.54) is 12.1 Å². The predicted molar refractivity (Wildman–Crippen MR) is 101 cm³/mol. The fourth-order valence-electron chi connectivity index (χ4n) is 3.49. The van der Waals surface area contributed by atoms with Gasteiger partial charge in [-0.05, 0) is 49.2 Å². The summed E-state index contributed by atoms with van der Waals surface area (Å²) in [5.41, 5.74) is 1.21. The molecule has 0 saturated heterocycles. The van der Waals surface area contributed by atoms with E-state index < -0.39 is 11.9 Å². The first-order valence-corrected chi connectivity index (χ1v) is 9.27. The van der Waals surface area contributed by atoms with Gasteiger partial charge in [-0.3, -0.25) is 14.5 Å². The van der Waals surface area contributed by atoms with Crippen LogP contribution in [0.25, 0.3) is 11.3 Å². The Bertz CT molecular complexity index is 1150. The van der Waals surface area contributed by atoms with Crippen LogP contribution < -0.4 is 5.32 Å². The van der Waals surface area contributed by atoms with Gasteiger partial charge < -0.3 is 5.32 Å². The van der Waals surface area contributed by atoms with Gasteiger partial charge in [-0.25, -0.2) is 0 Å². The minimum atomic E-state index is -4.54. The number of benzene rings is 1. The monoisotopic (exact) mass is 411 g/mol. The number of carbonyl (C=O) groups excluding carboxylic acids is 1. The first-order chi connectivity index (χ1) is 14.3. The second-order valence-corrected chi connectivity index (χ2v) is 6.97. The summed E-state index contributed by atoms with van der Waals surface area (Å²) in [5.74, 6) is -0.323. The van der Waals surface area contributed by atoms with Crippen LogP contribution in [-0.2, 0) is 12.7 Å². The summed E-state index contributed by atoms with van der Waals surface area (Å²) in [5, 5.41) is 16.4. The molecule has 1 N–H and O–H groups in total. The number of carbonyl (C=O) groups is 1. The quantitative estimate of drug-likeness (QED) is 0.703. The first-order valence-electron chi connectivity index (χ1n) is 9.27. The van der Waals surface area contributed by atoms with E-state index in [9.17, 15) is 18.0 Å². The van der Waals surface area contributed by atoms with Crippen molar-refractivity contribution >= 4 is 5.91 Å². The Morgan fingerprint density at radius 2 is 2.07 bits per heavy atom. The van der Waals surface area contributed by atoms with Gasteiger partial charge in [-0.2, -0.15) is 23.5 Å². The lowest BCUT2D eigenvalue weighted by molar-refractivity contribution is -0.141. The van der Waals surface area contributed by atoms with Crippen molar-refractivity contribution in [3.63, 3.8) is 0 Å². The van der Waals surface area contributed by atoms with Crippen LogP contribution in [0.2, 0.25) is 0 Å². The fraction of sp³-hybridized carbons (Fsp3) is 0.238. The molecule has 1 amide bonds. The number of aromatic nitrogens is 3. The molecule has 6 nitrogen and oxygen atoms in total. The molecule has 30 heavy (non-hydrogen) atoms. The number of hydrogen-bond donors (Lipinski definition) is 1. The van der Waals surface area contributed by atoms with Crippen molar-refractivity contribution in [2.24, 2.45) is 0 Å². The molecule has 4 rings (SSSR count). The Hall–Kier alpha value is -3.67. The smallest absolute Gasteiger partial charge is 0.344 e. The molecular weight excluding hydrogens is 395 g/mol. The second kappa shape index (κ2) is 7.63. The Labute approximate surface area is 170 Å². The normalized spacial score (nSPS) is 15.9. The molecule has 0 radical (unpaired) electrons. The molecule has 9 heteroatoms. The maximum absolute atomic E-state index is 13.0. The van der Waals surface area contributed by atoms with Crippen molar-refractivity contribution in [3.05, 3.63) is 71.2 Å². The van der Waals surface area contributed by atoms with Crippen molar-refractivity contribution in [2.45, 2.75) is 31.6 Å². The Morgan fingerprint density at radius 3 is 2.83 bits per heavy atom. The van der Waals surface area contributed by atoms with Gasteiger partial charge in [0, 0.05) is 23.9 Å². The summed E-state index contributed by atoms with van der Waals surface area (Å²) < 4.78 is 40.6. The van der Waals surface area contributed by atoms with Gasteiger partial charge in [0.1, 0.15) is 5.69 Å². The third-order valence-corrected chi connectivity index (χ3v) is 4.94. The predicted octanol–water partition coefficient (Wildman–Crippen LogP) is 4.10. The number of nitriles is 1. The molecule has 0 spiro atoms. The Balaban J connectivity index is 1.60. The van der Waals surface area contributed by atoms with Gasteiger partial charge >= 0.3 is 6.18 Å². The van der Waals surface area contributed by atoms with Crippen molar-refractivity contribution in [3.8, 4) is 17.3 Å². The van der Waals surface area contributed by atoms with Gasteiger partial charge in [0.25, 0.3) is 5.91 Å². The summed E-state index contributed by atoms with van der Waals surface area (Å²) >= 11 is 0. The topological polar surface area (TPSA) is 83.6 Å². The molecule has 1 aliphatic rings. The summed E-state index contributed by atoms with van der Waals surface area (Å²) in [7, 11) is 0. The number of halogens is 3. The van der Waals surface area contributed by atoms with Crippen LogP contribution in [0.3, 0.4) is 0 Å². The van der Waals surface area contributed by atoms with Crippen LogP contribution >= 0.6 is 0 Å². The van der Waals surface area contributed by atoms with Crippen LogP contribution in [0.1, 0.15) is 46.2 Å². The molecular formula is C21H16F3N5O. The standard InChI is InChI=1S/C21H16F3N5O/c22-21(23,24)19-10-14(6-7-26-19)17-11-18-16(5-2-8-29(18)28-17)27-20(30)15-4-1-3-13(9-15)12-25/h1,3-4,6-7,9-11,16H,2,5,8H2,(H,27,30). The van der Waals surface area contributed by atoms with Crippen molar-refractivity contribution in [2.75, 3.05) is 0 Å². The molecule has 2 aromatic heterocycles. The molecule has 0 saturated carbocycles. The lowest BCUT2D eigenvalue weighted by Gasteiger charge is -2.24. The van der Waals surface area contributed by atoms with Crippen LogP contribution in [0.5, 0.6) is 0 Å². The number of nitrogens with one attached hydrogen (secondary N) is 1. The summed E-state index contributed by atoms with van der Waals surface area (Å²) in [6.07, 6.45) is -1.98. The number of hydrogen-bond acceptors (Lipinski definition) is 4. The van der Waals surface area contributed by atoms with E-state index in [0.29, 0.717) is 35.3 Å². The van der Waals surface area contributed by atoms with Crippen LogP contribution in [0.15, 0.2) is 48.7 Å². The maximum Gasteiger partial charge on any atom is 0.433 e. The zero-order chi connectivity index (χ0) is 21.3. The molecule has 1 atom stereocenters. The summed E-state index contributed by atoms with van der Waals surface area (Å²) in [6.45, 7) is 0.614. The van der Waals surface area contributed by atoms with Crippen LogP contribution in [0, 0.1) is 11.3 Å². The number of fused-ring (bicyclic) bond motifs is 1. The van der Waals surface area contributed by atoms with E-state index in [1.807, 2.05) is 6.07 Å². The molecule has 0 aliphatic carbocycles. The minimum absolute atomic E-state index is 0.311. The number of alkyl halides is 3. The van der Waals surface area contributed by atoms with E-state index in [2.05, 4.69) is 15.4 Å². The van der Waals surface area contributed by atoms with Crippen molar-refractivity contribution < 1.29 is 18.0 Å². The van der Waals surface area contributed by atoms with Crippen LogP contribution in [0.4, 0.5) is 13.2 Å². The zero-order valence-corrected chi connectivity index (χ0v) is 15.6. The molecule has 1 aromatic carbocycles. The number of pyridine rings is 1. The highest BCUT2D eigenvalue weighted by atomic mass is 19.4. The zero-order valence-electron chi connectivity index (χ0n) is 15.6. The third kappa shape index (κ3) is 3.89. The number of nitrogens with zero attached hydrogens (tertiary/aromatic N) is 4. The summed E-state index contributed by atoms with van der Waals surface area (Å²) in [4.78, 5) is 16.0. The highest BCUT2D eigenvalue weighted by Crippen LogP contribution is 2.32. The average Bonchev–Trinajstić information content (AvgIpc) is 3.19. The summed E-state index contributed by atoms with van der Waals surface area (Å²) in [6, 6.07) is 12.2. The second-order valence-electron chi connectivity index (χ2n) is 6.97. The third-order valence-electron chi connectivity index (χ3n) is 4.94. The number of amides is 1. The first kappa shape index (κ1) is 19.6. The average molecular weight is 411 g/mol. The highest BCUT2D eigenvalue weighted by Gasteiger charge is 2.33. The molecule has 1 unspecified atom stereocenters. The molecule has 0 bridgehead atoms. The minimum Gasteiger partial charge on any atom is -0.344 e. The largest absolute Gasteiger partial charge is 0.433 e. The lowest BCUT2D eigenvalue weighted by atomic mass is 10.0. The van der Waals surface area contributed by atoms with Gasteiger partial charge in [0.2, 0.25) is 0 Å². The van der Waals surface area contributed by atoms with Gasteiger partial charge in [0.05, 0.1) is 29.1 Å². The molecule has 152 valence electrons. The van der Waals surface area contributed by atoms with Gasteiger partial charge in [0.15, 0.2) is 0 Å². The van der Waals surface area contributed by atoms with Crippen LogP contribution in [-0.4, -0.2) is 20.7 Å². The van der Waals surface area contributed by atoms with Crippen molar-refractivity contribution in [1.82, 2.24) is 20.1 Å². The van der Waals surface area contributed by atoms with E-state index in [-0.39, 0.29) is 11.9 Å². The highest BCUT2D eigenvalue weighted by molar-refractivity contribution is 5.94. The molecule has 3 heterocycles. The number of rotatable bonds is 3. The van der Waals surface area contributed by atoms with E-state index in [1.54, 1.807) is 28.9 Å². The lowest BCUT2D eigenvalue weighted by Crippen LogP contribution is -2.32. The Morgan fingerprint density at radius 1 is 1.23 bits per heavy atom. The number of aryl methyl sites for hydroxylation is 1.